The van der Waals surface area contributed by atoms with Crippen LogP contribution in [0.4, 0.5) is 18.3 Å². The molecule has 1 aromatic rings. The number of halogens is 4. The van der Waals surface area contributed by atoms with E-state index in [0.29, 0.717) is 0 Å². The molecule has 3 nitrogen and oxygen atoms in total. The maximum Gasteiger partial charge on any atom is 0.416 e. The first-order valence-electron chi connectivity index (χ1n) is 3.49. The Morgan fingerprint density at radius 1 is 1.64 bits per heavy atom. The topological polar surface area (TPSA) is 45.1 Å². The monoisotopic (exact) mass is 246 g/mol. The van der Waals surface area contributed by atoms with Crippen molar-refractivity contribution in [2.24, 2.45) is 0 Å². The summed E-state index contributed by atoms with van der Waals surface area (Å²) in [6.45, 7) is -0.632. The van der Waals surface area contributed by atoms with Crippen molar-refractivity contribution in [3.8, 4) is 0 Å². The Hall–Kier alpha value is -0.530. The molecule has 0 aromatic carbocycles. The molecule has 1 unspecified atom stereocenters. The van der Waals surface area contributed by atoms with E-state index in [1.54, 1.807) is 0 Å². The fourth-order valence-electron chi connectivity index (χ4n) is 0.635. The van der Waals surface area contributed by atoms with Crippen molar-refractivity contribution in [3.05, 3.63) is 10.5 Å². The molecule has 8 heteroatoms. The number of anilines is 1. The molecular weight excluding hydrogens is 241 g/mol. The van der Waals surface area contributed by atoms with Crippen molar-refractivity contribution in [3.63, 3.8) is 0 Å². The molecule has 0 amide bonds. The van der Waals surface area contributed by atoms with Gasteiger partial charge in [-0.2, -0.15) is 13.2 Å². The van der Waals surface area contributed by atoms with Crippen molar-refractivity contribution in [2.45, 2.75) is 12.3 Å². The van der Waals surface area contributed by atoms with Gasteiger partial charge >= 0.3 is 6.18 Å². The molecule has 0 saturated carbocycles. The van der Waals surface area contributed by atoms with Crippen LogP contribution in [0, 0.1) is 0 Å². The molecular formula is C6H6ClF3N2OS. The first-order chi connectivity index (χ1) is 6.39. The van der Waals surface area contributed by atoms with Crippen LogP contribution < -0.4 is 5.32 Å². The van der Waals surface area contributed by atoms with Gasteiger partial charge in [0.2, 0.25) is 0 Å². The van der Waals surface area contributed by atoms with Crippen LogP contribution in [0.3, 0.4) is 0 Å². The van der Waals surface area contributed by atoms with Crippen LogP contribution in [0.25, 0.3) is 0 Å². The summed E-state index contributed by atoms with van der Waals surface area (Å²) in [7, 11) is 0. The Bertz CT molecular complexity index is 304. The Morgan fingerprint density at radius 3 is 2.71 bits per heavy atom. The molecule has 0 aliphatic heterocycles. The molecule has 0 aliphatic carbocycles. The summed E-state index contributed by atoms with van der Waals surface area (Å²) in [5, 5.41) is 12.9. The molecule has 0 radical (unpaired) electrons. The lowest BCUT2D eigenvalue weighted by atomic mass is 10.3. The smallest absolute Gasteiger partial charge is 0.382 e. The molecule has 0 aliphatic rings. The van der Waals surface area contributed by atoms with Gasteiger partial charge in [-0.15, -0.1) is 11.3 Å². The summed E-state index contributed by atoms with van der Waals surface area (Å²) < 4.78 is 35.5. The van der Waals surface area contributed by atoms with E-state index in [-0.39, 0.29) is 10.3 Å². The number of thiazole rings is 1. The Balaban J connectivity index is 2.41. The quantitative estimate of drug-likeness (QED) is 0.859. The molecule has 1 atom stereocenters. The van der Waals surface area contributed by atoms with Crippen LogP contribution in [0.5, 0.6) is 0 Å². The van der Waals surface area contributed by atoms with Crippen LogP contribution in [-0.4, -0.2) is 28.9 Å². The van der Waals surface area contributed by atoms with E-state index in [0.717, 1.165) is 11.3 Å². The molecule has 0 fully saturated rings. The maximum absolute atomic E-state index is 11.8. The summed E-state index contributed by atoms with van der Waals surface area (Å²) >= 11 is 6.51. The average Bonchev–Trinajstić information content (AvgIpc) is 2.45. The maximum atomic E-state index is 11.8. The zero-order valence-corrected chi connectivity index (χ0v) is 8.25. The highest BCUT2D eigenvalue weighted by Gasteiger charge is 2.37. The SMILES string of the molecule is OC(CNc1nc(Cl)cs1)C(F)(F)F. The second kappa shape index (κ2) is 4.33. The number of aromatic nitrogens is 1. The first kappa shape index (κ1) is 11.5. The molecule has 80 valence electrons. The Labute approximate surface area is 86.5 Å². The van der Waals surface area contributed by atoms with E-state index >= 15 is 0 Å². The summed E-state index contributed by atoms with van der Waals surface area (Å²) in [5.41, 5.74) is 0. The zero-order chi connectivity index (χ0) is 10.8. The van der Waals surface area contributed by atoms with Crippen molar-refractivity contribution in [1.29, 1.82) is 0 Å². The van der Waals surface area contributed by atoms with Gasteiger partial charge < -0.3 is 10.4 Å². The highest BCUT2D eigenvalue weighted by atomic mass is 35.5. The molecule has 1 rings (SSSR count). The van der Waals surface area contributed by atoms with Crippen molar-refractivity contribution in [2.75, 3.05) is 11.9 Å². The number of rotatable bonds is 3. The van der Waals surface area contributed by atoms with Gasteiger partial charge in [-0.1, -0.05) is 11.6 Å². The number of alkyl halides is 3. The van der Waals surface area contributed by atoms with E-state index in [4.69, 9.17) is 16.7 Å². The fraction of sp³-hybridized carbons (Fsp3) is 0.500. The summed E-state index contributed by atoms with van der Waals surface area (Å²) in [5.74, 6) is 0. The minimum Gasteiger partial charge on any atom is -0.382 e. The third-order valence-corrected chi connectivity index (χ3v) is 2.42. The predicted molar refractivity (Wildman–Crippen MR) is 47.7 cm³/mol. The molecule has 1 heterocycles. The molecule has 2 N–H and O–H groups in total. The van der Waals surface area contributed by atoms with E-state index in [1.165, 1.54) is 5.38 Å². The minimum absolute atomic E-state index is 0.207. The van der Waals surface area contributed by atoms with Crippen molar-refractivity contribution < 1.29 is 18.3 Å². The van der Waals surface area contributed by atoms with Gasteiger partial charge in [0, 0.05) is 5.38 Å². The highest BCUT2D eigenvalue weighted by Crippen LogP contribution is 2.22. The van der Waals surface area contributed by atoms with Crippen molar-refractivity contribution >= 4 is 28.1 Å². The number of aliphatic hydroxyl groups excluding tert-OH is 1. The summed E-state index contributed by atoms with van der Waals surface area (Å²) in [6.07, 6.45) is -7.01. The molecule has 0 bridgehead atoms. The second-order valence-electron chi connectivity index (χ2n) is 2.41. The van der Waals surface area contributed by atoms with Crippen LogP contribution in [-0.2, 0) is 0 Å². The summed E-state index contributed by atoms with van der Waals surface area (Å²) in [6, 6.07) is 0. The average molecular weight is 247 g/mol. The van der Waals surface area contributed by atoms with Crippen LogP contribution in [0.1, 0.15) is 0 Å². The largest absolute Gasteiger partial charge is 0.416 e. The molecule has 1 aromatic heterocycles. The van der Waals surface area contributed by atoms with Gasteiger partial charge in [0.25, 0.3) is 0 Å². The number of hydrogen-bond donors (Lipinski definition) is 2. The molecule has 0 saturated heterocycles. The van der Waals surface area contributed by atoms with Crippen molar-refractivity contribution in [1.82, 2.24) is 4.98 Å². The lowest BCUT2D eigenvalue weighted by molar-refractivity contribution is -0.198. The van der Waals surface area contributed by atoms with Crippen LogP contribution in [0.15, 0.2) is 5.38 Å². The Morgan fingerprint density at radius 2 is 2.29 bits per heavy atom. The minimum atomic E-state index is -4.62. The number of nitrogens with one attached hydrogen (secondary N) is 1. The standard InChI is InChI=1S/C6H6ClF3N2OS/c7-4-2-14-5(12-4)11-1-3(13)6(8,9)10/h2-3,13H,1H2,(H,11,12). The molecule has 14 heavy (non-hydrogen) atoms. The normalized spacial score (nSPS) is 14.1. The lowest BCUT2D eigenvalue weighted by Crippen LogP contribution is -2.34. The summed E-state index contributed by atoms with van der Waals surface area (Å²) in [4.78, 5) is 3.66. The highest BCUT2D eigenvalue weighted by molar-refractivity contribution is 7.14. The van der Waals surface area contributed by atoms with Gasteiger partial charge in [0.1, 0.15) is 5.15 Å². The second-order valence-corrected chi connectivity index (χ2v) is 3.66. The van der Waals surface area contributed by atoms with Gasteiger partial charge in [0.05, 0.1) is 6.54 Å². The third-order valence-electron chi connectivity index (χ3n) is 1.30. The number of nitrogens with zero attached hydrogens (tertiary/aromatic N) is 1. The first-order valence-corrected chi connectivity index (χ1v) is 4.75. The third kappa shape index (κ3) is 3.32. The van der Waals surface area contributed by atoms with E-state index in [9.17, 15) is 13.2 Å². The lowest BCUT2D eigenvalue weighted by Gasteiger charge is -2.14. The van der Waals surface area contributed by atoms with Crippen LogP contribution >= 0.6 is 22.9 Å². The van der Waals surface area contributed by atoms with Gasteiger partial charge in [-0.25, -0.2) is 4.98 Å². The van der Waals surface area contributed by atoms with Gasteiger partial charge in [-0.3, -0.25) is 0 Å². The number of aliphatic hydroxyl groups is 1. The van der Waals surface area contributed by atoms with E-state index in [2.05, 4.69) is 10.3 Å². The van der Waals surface area contributed by atoms with E-state index in [1.807, 2.05) is 0 Å². The van der Waals surface area contributed by atoms with E-state index < -0.39 is 18.8 Å². The Kier molecular flexibility index (Phi) is 3.57. The predicted octanol–water partition coefficient (Wildman–Crippen LogP) is 2.13. The van der Waals surface area contributed by atoms with Crippen LogP contribution in [0.2, 0.25) is 5.15 Å². The van der Waals surface area contributed by atoms with Gasteiger partial charge in [-0.05, 0) is 0 Å². The number of hydrogen-bond acceptors (Lipinski definition) is 4. The zero-order valence-electron chi connectivity index (χ0n) is 6.68. The molecule has 0 spiro atoms. The fourth-order valence-corrected chi connectivity index (χ4v) is 1.48. The van der Waals surface area contributed by atoms with Gasteiger partial charge in [0.15, 0.2) is 11.2 Å².